The molecule has 0 aliphatic rings. The van der Waals surface area contributed by atoms with E-state index >= 15 is 0 Å². The van der Waals surface area contributed by atoms with Gasteiger partial charge in [-0.1, -0.05) is 0 Å². The van der Waals surface area contributed by atoms with Gasteiger partial charge >= 0.3 is 0 Å². The molecular weight excluding hydrogens is 202 g/mol. The fourth-order valence-corrected chi connectivity index (χ4v) is 0.283. The number of nitrogens with one attached hydrogen (secondary N) is 1. The Bertz CT molecular complexity index is 66.9. The van der Waals surface area contributed by atoms with Gasteiger partial charge in [-0.2, -0.15) is 0 Å². The molecule has 0 spiro atoms. The molecule has 0 bridgehead atoms. The monoisotopic (exact) mass is 227 g/mol. The second kappa shape index (κ2) is 29.2. The van der Waals surface area contributed by atoms with Crippen molar-refractivity contribution in [1.29, 1.82) is 0 Å². The van der Waals surface area contributed by atoms with Gasteiger partial charge in [-0.3, -0.25) is 0 Å². The molecule has 0 radical (unpaired) electrons. The maximum Gasteiger partial charge on any atom is 0.0555 e. The quantitative estimate of drug-likeness (QED) is 0.232. The van der Waals surface area contributed by atoms with E-state index in [2.05, 4.69) is 5.32 Å². The average Bonchev–Trinajstić information content (AvgIpc) is 2.30. The van der Waals surface area contributed by atoms with Gasteiger partial charge in [0.2, 0.25) is 0 Å². The highest BCUT2D eigenvalue weighted by atomic mass is 16.3. The number of aliphatic hydroxyl groups is 4. The maximum absolute atomic E-state index is 8.15. The van der Waals surface area contributed by atoms with Crippen LogP contribution in [-0.4, -0.2) is 73.0 Å². The Morgan fingerprint density at radius 1 is 0.667 bits per heavy atom. The topological polar surface area (TPSA) is 145 Å². The normalized spacial score (nSPS) is 8.40. The number of aliphatic hydroxyl groups excluding tert-OH is 4. The third-order valence-corrected chi connectivity index (χ3v) is 0.835. The summed E-state index contributed by atoms with van der Waals surface area (Å²) in [7, 11) is 0. The third-order valence-electron chi connectivity index (χ3n) is 0.835. The van der Waals surface area contributed by atoms with E-state index in [-0.39, 0.29) is 26.4 Å². The molecule has 9 N–H and O–H groups in total. The Morgan fingerprint density at radius 2 is 0.933 bits per heavy atom. The van der Waals surface area contributed by atoms with E-state index in [0.717, 1.165) is 0 Å². The molecule has 0 aromatic heterocycles. The molecule has 0 unspecified atom stereocenters. The van der Waals surface area contributed by atoms with Crippen molar-refractivity contribution < 1.29 is 20.4 Å². The average molecular weight is 227 g/mol. The largest absolute Gasteiger partial charge is 0.395 e. The van der Waals surface area contributed by atoms with Crippen LogP contribution in [-0.2, 0) is 0 Å². The van der Waals surface area contributed by atoms with Crippen LogP contribution in [0.3, 0.4) is 0 Å². The van der Waals surface area contributed by atoms with E-state index in [1.165, 1.54) is 0 Å². The van der Waals surface area contributed by atoms with Crippen molar-refractivity contribution in [2.45, 2.75) is 0 Å². The van der Waals surface area contributed by atoms with E-state index in [4.69, 9.17) is 31.9 Å². The molecule has 0 heterocycles. The van der Waals surface area contributed by atoms with Gasteiger partial charge in [0.25, 0.3) is 0 Å². The molecule has 0 aromatic carbocycles. The first-order valence-corrected chi connectivity index (χ1v) is 4.79. The second-order valence-corrected chi connectivity index (χ2v) is 2.22. The van der Waals surface area contributed by atoms with E-state index in [9.17, 15) is 0 Å². The Labute approximate surface area is 90.7 Å². The predicted molar refractivity (Wildman–Crippen MR) is 59.3 cm³/mol. The van der Waals surface area contributed by atoms with Gasteiger partial charge in [0.05, 0.1) is 26.4 Å². The van der Waals surface area contributed by atoms with Crippen molar-refractivity contribution in [2.24, 2.45) is 11.5 Å². The molecule has 7 nitrogen and oxygen atoms in total. The molecule has 0 fully saturated rings. The Balaban J connectivity index is -0.000000155. The SMILES string of the molecule is NCCO.NCCO.OCCNCCO. The molecular formula is C8H25N3O4. The van der Waals surface area contributed by atoms with Crippen molar-refractivity contribution in [3.8, 4) is 0 Å². The fraction of sp³-hybridized carbons (Fsp3) is 1.00. The molecule has 0 aromatic rings. The highest BCUT2D eigenvalue weighted by Crippen LogP contribution is 1.54. The molecule has 0 rings (SSSR count). The maximum atomic E-state index is 8.15. The lowest BCUT2D eigenvalue weighted by Crippen LogP contribution is -2.21. The van der Waals surface area contributed by atoms with Crippen molar-refractivity contribution >= 4 is 0 Å². The summed E-state index contributed by atoms with van der Waals surface area (Å²) in [6.45, 7) is 2.36. The first-order chi connectivity index (χ1) is 7.24. The molecule has 0 aliphatic carbocycles. The summed E-state index contributed by atoms with van der Waals surface area (Å²) in [5.74, 6) is 0. The predicted octanol–water partition coefficient (Wildman–Crippen LogP) is -3.56. The van der Waals surface area contributed by atoms with Crippen molar-refractivity contribution in [3.63, 3.8) is 0 Å². The smallest absolute Gasteiger partial charge is 0.0555 e. The summed E-state index contributed by atoms with van der Waals surface area (Å²) in [6, 6.07) is 0. The highest BCUT2D eigenvalue weighted by Gasteiger charge is 1.78. The minimum absolute atomic E-state index is 0.0972. The van der Waals surface area contributed by atoms with Gasteiger partial charge in [0.15, 0.2) is 0 Å². The van der Waals surface area contributed by atoms with E-state index in [1.807, 2.05) is 0 Å². The van der Waals surface area contributed by atoms with Gasteiger partial charge in [-0.25, -0.2) is 0 Å². The third kappa shape index (κ3) is 57.6. The summed E-state index contributed by atoms with van der Waals surface area (Å²) in [6.07, 6.45) is 0. The van der Waals surface area contributed by atoms with Crippen LogP contribution in [0.15, 0.2) is 0 Å². The fourth-order valence-electron chi connectivity index (χ4n) is 0.283. The zero-order chi connectivity index (χ0) is 12.4. The van der Waals surface area contributed by atoms with Crippen LogP contribution in [0.2, 0.25) is 0 Å². The van der Waals surface area contributed by atoms with E-state index in [1.54, 1.807) is 0 Å². The molecule has 0 atom stereocenters. The molecule has 0 aliphatic heterocycles. The molecule has 0 saturated heterocycles. The number of hydrogen-bond donors (Lipinski definition) is 7. The summed E-state index contributed by atoms with van der Waals surface area (Å²) in [5.41, 5.74) is 9.56. The van der Waals surface area contributed by atoms with Crippen LogP contribution in [0.25, 0.3) is 0 Å². The minimum Gasteiger partial charge on any atom is -0.395 e. The zero-order valence-corrected chi connectivity index (χ0v) is 9.10. The lowest BCUT2D eigenvalue weighted by atomic mass is 10.6. The first-order valence-electron chi connectivity index (χ1n) is 4.79. The molecule has 7 heteroatoms. The summed E-state index contributed by atoms with van der Waals surface area (Å²) in [4.78, 5) is 0. The molecule has 15 heavy (non-hydrogen) atoms. The summed E-state index contributed by atoms with van der Waals surface area (Å²) >= 11 is 0. The van der Waals surface area contributed by atoms with Gasteiger partial charge in [0.1, 0.15) is 0 Å². The van der Waals surface area contributed by atoms with Crippen LogP contribution in [0.4, 0.5) is 0 Å². The lowest BCUT2D eigenvalue weighted by molar-refractivity contribution is 0.266. The summed E-state index contributed by atoms with van der Waals surface area (Å²) < 4.78 is 0. The van der Waals surface area contributed by atoms with Crippen LogP contribution in [0, 0.1) is 0 Å². The minimum atomic E-state index is 0.0972. The Kier molecular flexibility index (Phi) is 39.3. The molecule has 0 saturated carbocycles. The second-order valence-electron chi connectivity index (χ2n) is 2.22. The number of rotatable bonds is 6. The van der Waals surface area contributed by atoms with Crippen LogP contribution >= 0.6 is 0 Å². The van der Waals surface area contributed by atoms with E-state index < -0.39 is 0 Å². The van der Waals surface area contributed by atoms with Crippen LogP contribution in [0.1, 0.15) is 0 Å². The van der Waals surface area contributed by atoms with Crippen molar-refractivity contribution in [3.05, 3.63) is 0 Å². The Hall–Kier alpha value is -0.280. The highest BCUT2D eigenvalue weighted by molar-refractivity contribution is 4.39. The van der Waals surface area contributed by atoms with Crippen molar-refractivity contribution in [2.75, 3.05) is 52.6 Å². The van der Waals surface area contributed by atoms with Gasteiger partial charge in [0, 0.05) is 26.2 Å². The molecule has 96 valence electrons. The standard InChI is InChI=1S/C4H11NO2.2C2H7NO/c6-3-1-5-2-4-7;2*3-1-2-4/h5-7H,1-4H2;2*4H,1-3H2. The number of hydrogen-bond acceptors (Lipinski definition) is 7. The first kappa shape index (κ1) is 20.2. The van der Waals surface area contributed by atoms with Crippen LogP contribution in [0.5, 0.6) is 0 Å². The van der Waals surface area contributed by atoms with Crippen LogP contribution < -0.4 is 16.8 Å². The molecule has 0 amide bonds. The van der Waals surface area contributed by atoms with E-state index in [0.29, 0.717) is 26.2 Å². The zero-order valence-electron chi connectivity index (χ0n) is 9.10. The Morgan fingerprint density at radius 3 is 1.07 bits per heavy atom. The van der Waals surface area contributed by atoms with Gasteiger partial charge in [-0.05, 0) is 0 Å². The summed E-state index contributed by atoms with van der Waals surface area (Å²) in [5, 5.41) is 34.6. The van der Waals surface area contributed by atoms with Gasteiger partial charge < -0.3 is 37.2 Å². The number of nitrogens with two attached hydrogens (primary N) is 2. The van der Waals surface area contributed by atoms with Gasteiger partial charge in [-0.15, -0.1) is 0 Å². The van der Waals surface area contributed by atoms with Crippen molar-refractivity contribution in [1.82, 2.24) is 5.32 Å². The lowest BCUT2D eigenvalue weighted by Gasteiger charge is -1.94.